The summed E-state index contributed by atoms with van der Waals surface area (Å²) in [4.78, 5) is 11.8. The number of carbonyl (C=O) groups excluding carboxylic acids is 1. The maximum atomic E-state index is 12.9. The topological polar surface area (TPSA) is 138 Å². The van der Waals surface area contributed by atoms with Gasteiger partial charge >= 0.3 is 0 Å². The Morgan fingerprint density at radius 2 is 1.84 bits per heavy atom. The van der Waals surface area contributed by atoms with Gasteiger partial charge in [0.1, 0.15) is 47.8 Å². The number of aliphatic hydroxyl groups is 4. The minimum Gasteiger partial charge on any atom is -0.463 e. The van der Waals surface area contributed by atoms with E-state index in [4.69, 9.17) is 14.2 Å². The van der Waals surface area contributed by atoms with Gasteiger partial charge in [-0.1, -0.05) is 6.07 Å². The largest absolute Gasteiger partial charge is 0.463 e. The molecule has 5 atom stereocenters. The zero-order chi connectivity index (χ0) is 22.5. The third-order valence-corrected chi connectivity index (χ3v) is 4.95. The van der Waals surface area contributed by atoms with E-state index in [1.807, 2.05) is 0 Å². The Kier molecular flexibility index (Phi) is 7.42. The molecule has 2 aromatic rings. The first kappa shape index (κ1) is 22.9. The first-order valence-corrected chi connectivity index (χ1v) is 9.52. The number of halogens is 1. The molecule has 1 heterocycles. The van der Waals surface area contributed by atoms with Crippen LogP contribution in [0.1, 0.15) is 22.0 Å². The molecule has 1 aliphatic rings. The number of alkyl halides is 1. The Morgan fingerprint density at radius 1 is 1.10 bits per heavy atom. The maximum Gasteiger partial charge on any atom is 0.251 e. The van der Waals surface area contributed by atoms with Crippen LogP contribution >= 0.6 is 0 Å². The van der Waals surface area contributed by atoms with Crippen molar-refractivity contribution in [2.45, 2.75) is 30.5 Å². The van der Waals surface area contributed by atoms with E-state index in [-0.39, 0.29) is 23.0 Å². The maximum absolute atomic E-state index is 12.9. The lowest BCUT2D eigenvalue weighted by molar-refractivity contribution is -0.232. The molecular weight excluding hydrogens is 413 g/mol. The van der Waals surface area contributed by atoms with Crippen LogP contribution in [0.15, 0.2) is 42.5 Å². The molecule has 0 radical (unpaired) electrons. The van der Waals surface area contributed by atoms with Crippen molar-refractivity contribution < 1.29 is 43.8 Å². The fraction of sp³-hybridized carbons (Fsp3) is 0.381. The SMILES string of the molecule is CNC(=O)c1cccc(Oc2ccc(OCF)c([C@H]3O[C@H](CO)[C@@H](O)[C@H](O)[C@@H]3O)c2)c1. The summed E-state index contributed by atoms with van der Waals surface area (Å²) in [5, 5.41) is 42.4. The lowest BCUT2D eigenvalue weighted by atomic mass is 9.91. The Morgan fingerprint density at radius 3 is 2.52 bits per heavy atom. The lowest BCUT2D eigenvalue weighted by Gasteiger charge is -2.40. The highest BCUT2D eigenvalue weighted by Gasteiger charge is 2.45. The van der Waals surface area contributed by atoms with E-state index < -0.39 is 44.0 Å². The summed E-state index contributed by atoms with van der Waals surface area (Å²) in [6, 6.07) is 10.7. The quantitative estimate of drug-likeness (QED) is 0.426. The van der Waals surface area contributed by atoms with Crippen LogP contribution in [0.25, 0.3) is 0 Å². The van der Waals surface area contributed by atoms with Crippen LogP contribution in [0, 0.1) is 0 Å². The molecule has 0 aliphatic carbocycles. The van der Waals surface area contributed by atoms with Crippen molar-refractivity contribution in [2.24, 2.45) is 0 Å². The molecule has 1 saturated heterocycles. The minimum atomic E-state index is -1.61. The van der Waals surface area contributed by atoms with E-state index in [1.54, 1.807) is 18.2 Å². The summed E-state index contributed by atoms with van der Waals surface area (Å²) < 4.78 is 29.2. The van der Waals surface area contributed by atoms with Gasteiger partial charge in [-0.3, -0.25) is 4.79 Å². The number of ether oxygens (including phenoxy) is 3. The summed E-state index contributed by atoms with van der Waals surface area (Å²) in [7, 11) is 1.51. The van der Waals surface area contributed by atoms with Crippen molar-refractivity contribution in [3.63, 3.8) is 0 Å². The average Bonchev–Trinajstić information content (AvgIpc) is 2.78. The predicted molar refractivity (Wildman–Crippen MR) is 106 cm³/mol. The first-order chi connectivity index (χ1) is 14.9. The highest BCUT2D eigenvalue weighted by Crippen LogP contribution is 2.39. The van der Waals surface area contributed by atoms with Gasteiger partial charge in [-0.15, -0.1) is 0 Å². The van der Waals surface area contributed by atoms with Gasteiger partial charge in [0.15, 0.2) is 0 Å². The van der Waals surface area contributed by atoms with E-state index >= 15 is 0 Å². The Bertz CT molecular complexity index is 909. The Hall–Kier alpha value is -2.76. The fourth-order valence-corrected chi connectivity index (χ4v) is 3.34. The van der Waals surface area contributed by atoms with Crippen LogP contribution < -0.4 is 14.8 Å². The van der Waals surface area contributed by atoms with Crippen molar-refractivity contribution in [1.82, 2.24) is 5.32 Å². The molecule has 1 fully saturated rings. The molecule has 1 aliphatic heterocycles. The highest BCUT2D eigenvalue weighted by molar-refractivity contribution is 5.94. The molecular formula is C21H24FNO8. The number of rotatable bonds is 7. The second-order valence-corrected chi connectivity index (χ2v) is 6.91. The number of amides is 1. The lowest BCUT2D eigenvalue weighted by Crippen LogP contribution is -2.55. The molecule has 9 nitrogen and oxygen atoms in total. The first-order valence-electron chi connectivity index (χ1n) is 9.52. The van der Waals surface area contributed by atoms with E-state index in [0.717, 1.165) is 0 Å². The standard InChI is InChI=1S/C21H24FNO8/c1-23-21(28)11-3-2-4-12(7-11)30-13-5-6-15(29-10-22)14(8-13)20-19(27)18(26)17(25)16(9-24)31-20/h2-8,16-20,24-27H,9-10H2,1H3,(H,23,28)/t16-,17-,18+,19+,20-/m1/s1. The van der Waals surface area contributed by atoms with Gasteiger partial charge in [-0.2, -0.15) is 0 Å². The molecule has 5 N–H and O–H groups in total. The second-order valence-electron chi connectivity index (χ2n) is 6.91. The zero-order valence-corrected chi connectivity index (χ0v) is 16.6. The van der Waals surface area contributed by atoms with E-state index in [0.29, 0.717) is 11.3 Å². The summed E-state index contributed by atoms with van der Waals surface area (Å²) in [6.07, 6.45) is -7.10. The minimum absolute atomic E-state index is 0.0262. The molecule has 31 heavy (non-hydrogen) atoms. The Balaban J connectivity index is 1.93. The summed E-state index contributed by atoms with van der Waals surface area (Å²) in [5.41, 5.74) is 0.529. The number of nitrogens with one attached hydrogen (secondary N) is 1. The Labute approximate surface area is 177 Å². The van der Waals surface area contributed by atoms with Gasteiger partial charge in [0.05, 0.1) is 6.61 Å². The average molecular weight is 437 g/mol. The summed E-state index contributed by atoms with van der Waals surface area (Å²) in [5.74, 6) is 0.338. The molecule has 168 valence electrons. The van der Waals surface area contributed by atoms with E-state index in [9.17, 15) is 29.6 Å². The normalized spacial score (nSPS) is 25.7. The van der Waals surface area contributed by atoms with E-state index in [2.05, 4.69) is 5.32 Å². The number of hydrogen-bond acceptors (Lipinski definition) is 8. The van der Waals surface area contributed by atoms with Gasteiger partial charge in [-0.05, 0) is 36.4 Å². The highest BCUT2D eigenvalue weighted by atomic mass is 19.1. The third-order valence-electron chi connectivity index (χ3n) is 4.95. The molecule has 10 heteroatoms. The summed E-state index contributed by atoms with van der Waals surface area (Å²) in [6.45, 7) is -1.76. The monoisotopic (exact) mass is 437 g/mol. The molecule has 0 spiro atoms. The molecule has 3 rings (SSSR count). The van der Waals surface area contributed by atoms with Crippen LogP contribution in [0.4, 0.5) is 4.39 Å². The van der Waals surface area contributed by atoms with Gasteiger partial charge in [0, 0.05) is 18.2 Å². The molecule has 0 aromatic heterocycles. The molecule has 0 saturated carbocycles. The van der Waals surface area contributed by atoms with Crippen LogP contribution in [-0.4, -0.2) is 71.3 Å². The van der Waals surface area contributed by atoms with Crippen LogP contribution in [-0.2, 0) is 4.74 Å². The third kappa shape index (κ3) is 4.94. The zero-order valence-electron chi connectivity index (χ0n) is 16.6. The van der Waals surface area contributed by atoms with Crippen molar-refractivity contribution in [3.8, 4) is 17.2 Å². The molecule has 2 aromatic carbocycles. The van der Waals surface area contributed by atoms with E-state index in [1.165, 1.54) is 31.3 Å². The predicted octanol–water partition coefficient (Wildman–Crippen LogP) is 0.659. The van der Waals surface area contributed by atoms with Gasteiger partial charge in [-0.25, -0.2) is 4.39 Å². The van der Waals surface area contributed by atoms with Crippen molar-refractivity contribution in [2.75, 3.05) is 20.5 Å². The number of benzene rings is 2. The molecule has 0 unspecified atom stereocenters. The van der Waals surface area contributed by atoms with Crippen molar-refractivity contribution in [3.05, 3.63) is 53.6 Å². The van der Waals surface area contributed by atoms with Crippen molar-refractivity contribution in [1.29, 1.82) is 0 Å². The molecule has 1 amide bonds. The molecule has 0 bridgehead atoms. The van der Waals surface area contributed by atoms with Crippen molar-refractivity contribution >= 4 is 5.91 Å². The van der Waals surface area contributed by atoms with Gasteiger partial charge in [0.2, 0.25) is 6.86 Å². The number of aliphatic hydroxyl groups excluding tert-OH is 4. The van der Waals surface area contributed by atoms with Crippen LogP contribution in [0.2, 0.25) is 0 Å². The van der Waals surface area contributed by atoms with Crippen LogP contribution in [0.5, 0.6) is 17.2 Å². The fourth-order valence-electron chi connectivity index (χ4n) is 3.34. The van der Waals surface area contributed by atoms with Gasteiger partial charge in [0.25, 0.3) is 5.91 Å². The van der Waals surface area contributed by atoms with Crippen LogP contribution in [0.3, 0.4) is 0 Å². The second kappa shape index (κ2) is 10.0. The van der Waals surface area contributed by atoms with Gasteiger partial charge < -0.3 is 40.0 Å². The number of carbonyl (C=O) groups is 1. The smallest absolute Gasteiger partial charge is 0.251 e. The number of hydrogen-bond donors (Lipinski definition) is 5. The summed E-state index contributed by atoms with van der Waals surface area (Å²) >= 11 is 0.